The van der Waals surface area contributed by atoms with E-state index in [1.54, 1.807) is 6.07 Å². The fourth-order valence-electron chi connectivity index (χ4n) is 4.22. The second-order valence-corrected chi connectivity index (χ2v) is 7.93. The van der Waals surface area contributed by atoms with Crippen molar-refractivity contribution in [2.45, 2.75) is 26.8 Å². The number of rotatable bonds is 5. The van der Waals surface area contributed by atoms with E-state index in [9.17, 15) is 4.39 Å². The van der Waals surface area contributed by atoms with Gasteiger partial charge in [0.2, 0.25) is 0 Å². The lowest BCUT2D eigenvalue weighted by Crippen LogP contribution is -2.03. The molecule has 3 nitrogen and oxygen atoms in total. The minimum atomic E-state index is -0.231. The summed E-state index contributed by atoms with van der Waals surface area (Å²) in [6.45, 7) is 8.78. The van der Waals surface area contributed by atoms with E-state index in [-0.39, 0.29) is 5.82 Å². The third-order valence-corrected chi connectivity index (χ3v) is 6.00. The van der Waals surface area contributed by atoms with Gasteiger partial charge in [-0.25, -0.2) is 9.37 Å². The predicted molar refractivity (Wildman–Crippen MR) is 126 cm³/mol. The van der Waals surface area contributed by atoms with Crippen LogP contribution in [0.25, 0.3) is 34.0 Å². The number of halogens is 1. The van der Waals surface area contributed by atoms with Gasteiger partial charge in [-0.15, -0.1) is 0 Å². The van der Waals surface area contributed by atoms with E-state index >= 15 is 0 Å². The number of hydrogen-bond donors (Lipinski definition) is 0. The Morgan fingerprint density at radius 3 is 2.52 bits per heavy atom. The number of hydrogen-bond acceptors (Lipinski definition) is 1. The summed E-state index contributed by atoms with van der Waals surface area (Å²) in [6.07, 6.45) is 4.86. The quantitative estimate of drug-likeness (QED) is 0.318. The first kappa shape index (κ1) is 19.3. The highest BCUT2D eigenvalue weighted by molar-refractivity contribution is 5.87. The van der Waals surface area contributed by atoms with Gasteiger partial charge in [0.05, 0.1) is 5.69 Å². The number of benzene rings is 2. The first-order valence-corrected chi connectivity index (χ1v) is 10.6. The van der Waals surface area contributed by atoms with E-state index in [4.69, 9.17) is 4.98 Å². The molecule has 31 heavy (non-hydrogen) atoms. The fourth-order valence-corrected chi connectivity index (χ4v) is 4.22. The standard InChI is InChI=1S/C27H24FN3/c1-4-19-6-8-21(9-7-19)17-31-24-11-10-23(28)15-22(24)16-25(31)27-18(3)30-13-12-20(5-2)14-26(30)29-27/h5-16H,2,4,17H2,1,3H3. The van der Waals surface area contributed by atoms with E-state index in [0.29, 0.717) is 6.54 Å². The maximum absolute atomic E-state index is 14.0. The average molecular weight is 410 g/mol. The highest BCUT2D eigenvalue weighted by Crippen LogP contribution is 2.32. The van der Waals surface area contributed by atoms with Crippen molar-refractivity contribution in [3.63, 3.8) is 0 Å². The molecule has 3 heterocycles. The molecule has 0 bridgehead atoms. The van der Waals surface area contributed by atoms with Crippen LogP contribution in [0.4, 0.5) is 4.39 Å². The molecular formula is C27H24FN3. The van der Waals surface area contributed by atoms with Crippen LogP contribution < -0.4 is 0 Å². The van der Waals surface area contributed by atoms with Gasteiger partial charge in [-0.05, 0) is 66.4 Å². The molecule has 5 aromatic rings. The summed E-state index contributed by atoms with van der Waals surface area (Å²) >= 11 is 0. The lowest BCUT2D eigenvalue weighted by atomic mass is 10.1. The second-order valence-electron chi connectivity index (χ2n) is 7.93. The number of aryl methyl sites for hydroxylation is 2. The Balaban J connectivity index is 1.70. The highest BCUT2D eigenvalue weighted by atomic mass is 19.1. The van der Waals surface area contributed by atoms with Crippen molar-refractivity contribution in [2.75, 3.05) is 0 Å². The largest absolute Gasteiger partial charge is 0.335 e. The zero-order valence-electron chi connectivity index (χ0n) is 17.8. The second kappa shape index (κ2) is 7.55. The monoisotopic (exact) mass is 409 g/mol. The van der Waals surface area contributed by atoms with Crippen LogP contribution in [-0.2, 0) is 13.0 Å². The molecule has 5 rings (SSSR count). The minimum Gasteiger partial charge on any atom is -0.335 e. The van der Waals surface area contributed by atoms with Crippen molar-refractivity contribution in [1.82, 2.24) is 14.0 Å². The van der Waals surface area contributed by atoms with Gasteiger partial charge in [-0.2, -0.15) is 0 Å². The van der Waals surface area contributed by atoms with Gasteiger partial charge in [0, 0.05) is 29.3 Å². The minimum absolute atomic E-state index is 0.231. The van der Waals surface area contributed by atoms with E-state index < -0.39 is 0 Å². The molecule has 4 heteroatoms. The third kappa shape index (κ3) is 3.34. The molecule has 0 amide bonds. The SMILES string of the molecule is C=Cc1ccn2c(C)c(-c3cc4cc(F)ccc4n3Cc3ccc(CC)cc3)nc2c1. The van der Waals surface area contributed by atoms with Crippen LogP contribution in [0.5, 0.6) is 0 Å². The maximum atomic E-state index is 14.0. The van der Waals surface area contributed by atoms with Crippen LogP contribution in [0.2, 0.25) is 0 Å². The van der Waals surface area contributed by atoms with Gasteiger partial charge in [0.1, 0.15) is 17.2 Å². The van der Waals surface area contributed by atoms with Crippen molar-refractivity contribution in [3.05, 3.63) is 102 Å². The number of fused-ring (bicyclic) bond motifs is 2. The Hall–Kier alpha value is -3.66. The lowest BCUT2D eigenvalue weighted by Gasteiger charge is -2.11. The maximum Gasteiger partial charge on any atom is 0.138 e. The molecule has 0 radical (unpaired) electrons. The Morgan fingerprint density at radius 2 is 1.77 bits per heavy atom. The van der Waals surface area contributed by atoms with E-state index in [2.05, 4.69) is 53.7 Å². The highest BCUT2D eigenvalue weighted by Gasteiger charge is 2.18. The molecule has 0 spiro atoms. The van der Waals surface area contributed by atoms with Crippen molar-refractivity contribution in [1.29, 1.82) is 0 Å². The molecule has 0 fully saturated rings. The third-order valence-electron chi connectivity index (χ3n) is 6.00. The van der Waals surface area contributed by atoms with Crippen molar-refractivity contribution in [2.24, 2.45) is 0 Å². The molecule has 154 valence electrons. The van der Waals surface area contributed by atoms with E-state index in [1.165, 1.54) is 17.2 Å². The van der Waals surface area contributed by atoms with Crippen LogP contribution in [-0.4, -0.2) is 14.0 Å². The van der Waals surface area contributed by atoms with Crippen LogP contribution in [0.15, 0.2) is 73.4 Å². The molecule has 0 saturated heterocycles. The number of imidazole rings is 1. The zero-order chi connectivity index (χ0) is 21.5. The van der Waals surface area contributed by atoms with Crippen LogP contribution >= 0.6 is 0 Å². The lowest BCUT2D eigenvalue weighted by molar-refractivity contribution is 0.629. The number of pyridine rings is 1. The van der Waals surface area contributed by atoms with Crippen LogP contribution in [0.3, 0.4) is 0 Å². The molecule has 0 N–H and O–H groups in total. The fraction of sp³-hybridized carbons (Fsp3) is 0.148. The molecule has 2 aromatic carbocycles. The molecule has 0 unspecified atom stereocenters. The zero-order valence-corrected chi connectivity index (χ0v) is 17.8. The summed E-state index contributed by atoms with van der Waals surface area (Å²) in [7, 11) is 0. The Labute approximate surface area is 181 Å². The van der Waals surface area contributed by atoms with Gasteiger partial charge in [0.25, 0.3) is 0 Å². The van der Waals surface area contributed by atoms with Crippen molar-refractivity contribution in [3.8, 4) is 11.4 Å². The molecule has 0 aliphatic carbocycles. The topological polar surface area (TPSA) is 22.2 Å². The smallest absolute Gasteiger partial charge is 0.138 e. The van der Waals surface area contributed by atoms with Crippen molar-refractivity contribution < 1.29 is 4.39 Å². The van der Waals surface area contributed by atoms with Gasteiger partial charge >= 0.3 is 0 Å². The van der Waals surface area contributed by atoms with Gasteiger partial charge in [-0.3, -0.25) is 0 Å². The summed E-state index contributed by atoms with van der Waals surface area (Å²) in [5.74, 6) is -0.231. The summed E-state index contributed by atoms with van der Waals surface area (Å²) in [4.78, 5) is 4.94. The molecule has 0 aliphatic rings. The van der Waals surface area contributed by atoms with E-state index in [1.807, 2.05) is 36.5 Å². The summed E-state index contributed by atoms with van der Waals surface area (Å²) in [6, 6.07) is 19.8. The number of aromatic nitrogens is 3. The molecule has 0 aliphatic heterocycles. The molecule has 3 aromatic heterocycles. The van der Waals surface area contributed by atoms with Gasteiger partial charge in [-0.1, -0.05) is 43.8 Å². The predicted octanol–water partition coefficient (Wildman–Crippen LogP) is 6.66. The van der Waals surface area contributed by atoms with E-state index in [0.717, 1.165) is 45.6 Å². The molecule has 0 saturated carbocycles. The van der Waals surface area contributed by atoms with Crippen LogP contribution in [0.1, 0.15) is 29.3 Å². The summed E-state index contributed by atoms with van der Waals surface area (Å²) < 4.78 is 18.3. The normalized spacial score (nSPS) is 11.5. The summed E-state index contributed by atoms with van der Waals surface area (Å²) in [5.41, 5.74) is 8.37. The van der Waals surface area contributed by atoms with Gasteiger partial charge < -0.3 is 8.97 Å². The molecular weight excluding hydrogens is 385 g/mol. The average Bonchev–Trinajstić information content (AvgIpc) is 3.30. The van der Waals surface area contributed by atoms with Gasteiger partial charge in [0.15, 0.2) is 0 Å². The first-order valence-electron chi connectivity index (χ1n) is 10.6. The van der Waals surface area contributed by atoms with Crippen molar-refractivity contribution >= 4 is 22.6 Å². The summed E-state index contributed by atoms with van der Waals surface area (Å²) in [5, 5.41) is 0.878. The first-order chi connectivity index (χ1) is 15.1. The Bertz CT molecular complexity index is 1420. The van der Waals surface area contributed by atoms with Crippen LogP contribution in [0, 0.1) is 12.7 Å². The Morgan fingerprint density at radius 1 is 1.00 bits per heavy atom. The molecule has 0 atom stereocenters. The Kier molecular flexibility index (Phi) is 4.70. The number of nitrogens with zero attached hydrogens (tertiary/aromatic N) is 3.